The van der Waals surface area contributed by atoms with Crippen molar-refractivity contribution in [3.63, 3.8) is 0 Å². The number of anilines is 2. The number of hydrogen-bond donors (Lipinski definition) is 1. The average molecular weight is 423 g/mol. The zero-order chi connectivity index (χ0) is 21.6. The predicted octanol–water partition coefficient (Wildman–Crippen LogP) is 3.68. The van der Waals surface area contributed by atoms with E-state index in [1.807, 2.05) is 52.3 Å². The van der Waals surface area contributed by atoms with Gasteiger partial charge in [0.15, 0.2) is 0 Å². The lowest BCUT2D eigenvalue weighted by molar-refractivity contribution is 0.0724. The second-order valence-corrected chi connectivity index (χ2v) is 8.01. The van der Waals surface area contributed by atoms with E-state index in [-0.39, 0.29) is 11.9 Å². The Labute approximate surface area is 183 Å². The molecule has 2 fully saturated rings. The van der Waals surface area contributed by atoms with E-state index in [1.54, 1.807) is 13.2 Å². The van der Waals surface area contributed by atoms with Crippen LogP contribution in [0.25, 0.3) is 0 Å². The molecule has 164 valence electrons. The van der Waals surface area contributed by atoms with Gasteiger partial charge in [0.05, 0.1) is 12.8 Å². The van der Waals surface area contributed by atoms with E-state index in [1.165, 1.54) is 6.42 Å². The highest BCUT2D eigenvalue weighted by molar-refractivity contribution is 5.97. The van der Waals surface area contributed by atoms with Crippen LogP contribution < -0.4 is 15.0 Å². The van der Waals surface area contributed by atoms with E-state index in [0.717, 1.165) is 50.5 Å². The van der Waals surface area contributed by atoms with Crippen molar-refractivity contribution >= 4 is 23.3 Å². The maximum atomic E-state index is 12.8. The van der Waals surface area contributed by atoms with Crippen LogP contribution in [0, 0.1) is 0 Å². The molecule has 31 heavy (non-hydrogen) atoms. The Morgan fingerprint density at radius 2 is 1.58 bits per heavy atom. The van der Waals surface area contributed by atoms with E-state index in [0.29, 0.717) is 24.3 Å². The van der Waals surface area contributed by atoms with E-state index < -0.39 is 0 Å². The number of rotatable bonds is 4. The van der Waals surface area contributed by atoms with Crippen LogP contribution >= 0.6 is 0 Å². The predicted molar refractivity (Wildman–Crippen MR) is 122 cm³/mol. The molecule has 0 atom stereocenters. The molecular weight excluding hydrogens is 392 g/mol. The first-order chi connectivity index (χ1) is 15.2. The quantitative estimate of drug-likeness (QED) is 0.817. The molecular formula is C24H30N4O3. The first-order valence-corrected chi connectivity index (χ1v) is 11.0. The minimum Gasteiger partial charge on any atom is -0.495 e. The maximum absolute atomic E-state index is 12.8. The van der Waals surface area contributed by atoms with Gasteiger partial charge in [0.25, 0.3) is 5.91 Å². The number of urea groups is 1. The number of hydrogen-bond acceptors (Lipinski definition) is 4. The van der Waals surface area contributed by atoms with Crippen LogP contribution in [0.3, 0.4) is 0 Å². The van der Waals surface area contributed by atoms with Gasteiger partial charge in [-0.2, -0.15) is 0 Å². The van der Waals surface area contributed by atoms with Gasteiger partial charge in [-0.3, -0.25) is 4.79 Å². The molecule has 0 saturated carbocycles. The van der Waals surface area contributed by atoms with Gasteiger partial charge in [0.1, 0.15) is 5.75 Å². The first kappa shape index (κ1) is 21.0. The van der Waals surface area contributed by atoms with Crippen LogP contribution in [0.4, 0.5) is 16.2 Å². The fourth-order valence-corrected chi connectivity index (χ4v) is 4.25. The topological polar surface area (TPSA) is 65.1 Å². The zero-order valence-corrected chi connectivity index (χ0v) is 18.0. The first-order valence-electron chi connectivity index (χ1n) is 11.0. The van der Waals surface area contributed by atoms with Gasteiger partial charge >= 0.3 is 6.03 Å². The summed E-state index contributed by atoms with van der Waals surface area (Å²) >= 11 is 0. The highest BCUT2D eigenvalue weighted by atomic mass is 16.5. The molecule has 1 N–H and O–H groups in total. The fourth-order valence-electron chi connectivity index (χ4n) is 4.25. The lowest BCUT2D eigenvalue weighted by atomic mass is 10.1. The van der Waals surface area contributed by atoms with Gasteiger partial charge < -0.3 is 24.8 Å². The highest BCUT2D eigenvalue weighted by Crippen LogP contribution is 2.28. The number of amides is 3. The SMILES string of the molecule is COc1ccccc1N1CCN(C(=O)Nc2cccc(C(=O)N3CCCCC3)c2)CC1. The molecule has 7 nitrogen and oxygen atoms in total. The number of piperazine rings is 1. The second kappa shape index (κ2) is 9.73. The smallest absolute Gasteiger partial charge is 0.321 e. The van der Waals surface area contributed by atoms with Gasteiger partial charge in [-0.15, -0.1) is 0 Å². The zero-order valence-electron chi connectivity index (χ0n) is 18.0. The molecule has 0 spiro atoms. The Hall–Kier alpha value is -3.22. The third kappa shape index (κ3) is 4.93. The Kier molecular flexibility index (Phi) is 6.60. The van der Waals surface area contributed by atoms with Crippen LogP contribution in [0.2, 0.25) is 0 Å². The van der Waals surface area contributed by atoms with Crippen LogP contribution in [0.15, 0.2) is 48.5 Å². The molecule has 2 aliphatic rings. The summed E-state index contributed by atoms with van der Waals surface area (Å²) < 4.78 is 5.46. The lowest BCUT2D eigenvalue weighted by Gasteiger charge is -2.36. The number of para-hydroxylation sites is 2. The molecule has 0 aliphatic carbocycles. The summed E-state index contributed by atoms with van der Waals surface area (Å²) in [4.78, 5) is 31.5. The molecule has 2 aromatic carbocycles. The lowest BCUT2D eigenvalue weighted by Crippen LogP contribution is -2.50. The van der Waals surface area contributed by atoms with Crippen LogP contribution in [-0.4, -0.2) is 68.1 Å². The Balaban J connectivity index is 1.34. The Bertz CT molecular complexity index is 919. The van der Waals surface area contributed by atoms with Crippen LogP contribution in [0.5, 0.6) is 5.75 Å². The number of piperidine rings is 1. The normalized spacial score (nSPS) is 16.7. The summed E-state index contributed by atoms with van der Waals surface area (Å²) in [5.41, 5.74) is 2.33. The molecule has 0 bridgehead atoms. The fraction of sp³-hybridized carbons (Fsp3) is 0.417. The molecule has 2 saturated heterocycles. The van der Waals surface area contributed by atoms with E-state index >= 15 is 0 Å². The summed E-state index contributed by atoms with van der Waals surface area (Å²) in [6.07, 6.45) is 3.30. The van der Waals surface area contributed by atoms with Crippen molar-refractivity contribution in [3.8, 4) is 5.75 Å². The van der Waals surface area contributed by atoms with E-state index in [2.05, 4.69) is 10.2 Å². The number of benzene rings is 2. The number of carbonyl (C=O) groups is 2. The highest BCUT2D eigenvalue weighted by Gasteiger charge is 2.23. The van der Waals surface area contributed by atoms with Gasteiger partial charge in [0.2, 0.25) is 0 Å². The van der Waals surface area contributed by atoms with Crippen molar-refractivity contribution < 1.29 is 14.3 Å². The average Bonchev–Trinajstić information content (AvgIpc) is 2.84. The molecule has 2 aromatic rings. The number of nitrogens with one attached hydrogen (secondary N) is 1. The van der Waals surface area contributed by atoms with Crippen molar-refractivity contribution in [2.24, 2.45) is 0 Å². The molecule has 2 heterocycles. The minimum absolute atomic E-state index is 0.0428. The molecule has 4 rings (SSSR count). The third-order valence-electron chi connectivity index (χ3n) is 6.00. The van der Waals surface area contributed by atoms with Gasteiger partial charge in [-0.1, -0.05) is 18.2 Å². The maximum Gasteiger partial charge on any atom is 0.321 e. The van der Waals surface area contributed by atoms with E-state index in [9.17, 15) is 9.59 Å². The van der Waals surface area contributed by atoms with E-state index in [4.69, 9.17) is 4.74 Å². The minimum atomic E-state index is -0.137. The molecule has 0 radical (unpaired) electrons. The number of methoxy groups -OCH3 is 1. The summed E-state index contributed by atoms with van der Waals surface area (Å²) in [5.74, 6) is 0.886. The second-order valence-electron chi connectivity index (χ2n) is 8.01. The van der Waals surface area contributed by atoms with Gasteiger partial charge in [0, 0.05) is 50.5 Å². The summed E-state index contributed by atoms with van der Waals surface area (Å²) in [6.45, 7) is 4.34. The molecule has 0 aromatic heterocycles. The monoisotopic (exact) mass is 422 g/mol. The molecule has 0 unspecified atom stereocenters. The molecule has 2 aliphatic heterocycles. The van der Waals surface area contributed by atoms with Gasteiger partial charge in [-0.05, 0) is 49.6 Å². The molecule has 7 heteroatoms. The van der Waals surface area contributed by atoms with Gasteiger partial charge in [-0.25, -0.2) is 4.79 Å². The largest absolute Gasteiger partial charge is 0.495 e. The van der Waals surface area contributed by atoms with Crippen molar-refractivity contribution in [1.82, 2.24) is 9.80 Å². The summed E-state index contributed by atoms with van der Waals surface area (Å²) in [5, 5.41) is 2.96. The number of nitrogens with zero attached hydrogens (tertiary/aromatic N) is 3. The van der Waals surface area contributed by atoms with Crippen molar-refractivity contribution in [1.29, 1.82) is 0 Å². The Morgan fingerprint density at radius 3 is 2.32 bits per heavy atom. The molecule has 3 amide bonds. The van der Waals surface area contributed by atoms with Crippen molar-refractivity contribution in [2.75, 3.05) is 56.6 Å². The van der Waals surface area contributed by atoms with Crippen LogP contribution in [0.1, 0.15) is 29.6 Å². The number of carbonyl (C=O) groups excluding carboxylic acids is 2. The summed E-state index contributed by atoms with van der Waals surface area (Å²) in [6, 6.07) is 15.1. The number of ether oxygens (including phenoxy) is 1. The standard InChI is InChI=1S/C24H30N4O3/c1-31-22-11-4-3-10-21(22)26-14-16-28(17-15-26)24(30)25-20-9-7-8-19(18-20)23(29)27-12-5-2-6-13-27/h3-4,7-11,18H,2,5-6,12-17H2,1H3,(H,25,30). The number of likely N-dealkylation sites (tertiary alicyclic amines) is 1. The summed E-state index contributed by atoms with van der Waals surface area (Å²) in [7, 11) is 1.67. The Morgan fingerprint density at radius 1 is 0.839 bits per heavy atom. The third-order valence-corrected chi connectivity index (χ3v) is 6.00. The van der Waals surface area contributed by atoms with Crippen LogP contribution in [-0.2, 0) is 0 Å². The van der Waals surface area contributed by atoms with Crippen molar-refractivity contribution in [3.05, 3.63) is 54.1 Å². The van der Waals surface area contributed by atoms with Crippen molar-refractivity contribution in [2.45, 2.75) is 19.3 Å².